The van der Waals surface area contributed by atoms with Crippen molar-refractivity contribution in [3.63, 3.8) is 0 Å². The summed E-state index contributed by atoms with van der Waals surface area (Å²) in [6.45, 7) is 1.71. The highest BCUT2D eigenvalue weighted by molar-refractivity contribution is 7.17. The van der Waals surface area contributed by atoms with Crippen molar-refractivity contribution in [3.8, 4) is 0 Å². The number of anilines is 2. The number of carboxylic acids is 1. The van der Waals surface area contributed by atoms with Crippen molar-refractivity contribution in [2.45, 2.75) is 19.3 Å². The number of urea groups is 1. The molecule has 0 radical (unpaired) electrons. The molecule has 12 heteroatoms. The van der Waals surface area contributed by atoms with E-state index in [9.17, 15) is 14.4 Å². The van der Waals surface area contributed by atoms with Crippen molar-refractivity contribution in [1.82, 2.24) is 9.88 Å². The maximum atomic E-state index is 13.1. The molecule has 1 saturated heterocycles. The summed E-state index contributed by atoms with van der Waals surface area (Å²) in [5.41, 5.74) is 5.73. The van der Waals surface area contributed by atoms with Crippen LogP contribution in [-0.2, 0) is 0 Å². The van der Waals surface area contributed by atoms with E-state index in [1.165, 1.54) is 29.7 Å². The van der Waals surface area contributed by atoms with Crippen LogP contribution in [0.4, 0.5) is 15.6 Å². The molecule has 0 atom stereocenters. The fourth-order valence-electron chi connectivity index (χ4n) is 3.27. The average molecular weight is 556 g/mol. The Bertz CT molecular complexity index is 1210. The van der Waals surface area contributed by atoms with Crippen LogP contribution in [-0.4, -0.2) is 46.0 Å². The topological polar surface area (TPSA) is 117 Å². The van der Waals surface area contributed by atoms with Gasteiger partial charge in [-0.25, -0.2) is 14.6 Å². The first-order valence-corrected chi connectivity index (χ1v) is 12.4. The van der Waals surface area contributed by atoms with E-state index >= 15 is 0 Å². The van der Waals surface area contributed by atoms with Crippen molar-refractivity contribution in [3.05, 3.63) is 74.2 Å². The summed E-state index contributed by atoms with van der Waals surface area (Å²) < 4.78 is 0. The molecule has 1 aromatic heterocycles. The second kappa shape index (κ2) is 12.2. The van der Waals surface area contributed by atoms with Crippen LogP contribution in [0.1, 0.15) is 39.3 Å². The lowest BCUT2D eigenvalue weighted by Crippen LogP contribution is -2.39. The number of aromatic carboxylic acids is 1. The Hall–Kier alpha value is -2.85. The number of thiazole rings is 1. The summed E-state index contributed by atoms with van der Waals surface area (Å²) in [6.07, 6.45) is 4.66. The van der Waals surface area contributed by atoms with Gasteiger partial charge >= 0.3 is 12.0 Å². The van der Waals surface area contributed by atoms with Crippen LogP contribution in [0.15, 0.2) is 48.7 Å². The molecule has 35 heavy (non-hydrogen) atoms. The minimum atomic E-state index is -1.12. The fourth-order valence-corrected chi connectivity index (χ4v) is 4.66. The maximum Gasteiger partial charge on any atom is 0.347 e. The molecule has 1 fully saturated rings. The van der Waals surface area contributed by atoms with Crippen molar-refractivity contribution in [2.75, 3.05) is 18.0 Å². The van der Waals surface area contributed by atoms with Crippen LogP contribution in [0.25, 0.3) is 0 Å². The van der Waals surface area contributed by atoms with Crippen LogP contribution < -0.4 is 10.6 Å². The zero-order valence-electron chi connectivity index (χ0n) is 18.3. The number of carboxylic acid groups (broad SMARTS) is 1. The second-order valence-corrected chi connectivity index (χ2v) is 9.73. The molecule has 2 heterocycles. The molecule has 3 aromatic rings. The summed E-state index contributed by atoms with van der Waals surface area (Å²) in [6, 6.07) is 10.7. The molecular formula is C23H21Cl3N4O4S. The van der Waals surface area contributed by atoms with Gasteiger partial charge in [-0.1, -0.05) is 46.1 Å². The SMILES string of the molecule is NC(=O)N1CCCCC1.O=C(O)c1cnc(N(C(=O)c2ccc(Cl)cc2Cl)c2ccc(Cl)cc2)s1. The molecule has 1 aliphatic rings. The third-order valence-electron chi connectivity index (χ3n) is 5.01. The number of nitrogens with zero attached hydrogens (tertiary/aromatic N) is 3. The van der Waals surface area contributed by atoms with Crippen LogP contribution in [0.2, 0.25) is 15.1 Å². The number of nitrogens with two attached hydrogens (primary N) is 1. The van der Waals surface area contributed by atoms with Gasteiger partial charge in [0.1, 0.15) is 4.88 Å². The Kier molecular flexibility index (Phi) is 9.33. The highest BCUT2D eigenvalue weighted by atomic mass is 35.5. The lowest BCUT2D eigenvalue weighted by molar-refractivity contribution is 0.0701. The van der Waals surface area contributed by atoms with Gasteiger partial charge in [-0.05, 0) is 61.7 Å². The minimum Gasteiger partial charge on any atom is -0.477 e. The predicted octanol–water partition coefficient (Wildman–Crippen LogP) is 6.33. The molecule has 3 amide bonds. The van der Waals surface area contributed by atoms with E-state index in [0.717, 1.165) is 37.3 Å². The summed E-state index contributed by atoms with van der Waals surface area (Å²) in [5, 5.41) is 10.4. The fraction of sp³-hybridized carbons (Fsp3) is 0.217. The number of hydrogen-bond donors (Lipinski definition) is 2. The normalized spacial score (nSPS) is 12.9. The number of rotatable bonds is 4. The van der Waals surface area contributed by atoms with Gasteiger partial charge in [0.2, 0.25) is 0 Å². The molecule has 3 N–H and O–H groups in total. The number of amides is 3. The lowest BCUT2D eigenvalue weighted by Gasteiger charge is -2.24. The van der Waals surface area contributed by atoms with E-state index in [2.05, 4.69) is 4.98 Å². The summed E-state index contributed by atoms with van der Waals surface area (Å²) in [4.78, 5) is 41.8. The number of carbonyl (C=O) groups excluding carboxylic acids is 2. The summed E-state index contributed by atoms with van der Waals surface area (Å²) in [7, 11) is 0. The average Bonchev–Trinajstić information content (AvgIpc) is 3.31. The highest BCUT2D eigenvalue weighted by Crippen LogP contribution is 2.34. The largest absolute Gasteiger partial charge is 0.477 e. The molecule has 8 nitrogen and oxygen atoms in total. The number of piperidine rings is 1. The van der Waals surface area contributed by atoms with Gasteiger partial charge in [0, 0.05) is 23.1 Å². The minimum absolute atomic E-state index is 0.00830. The van der Waals surface area contributed by atoms with E-state index < -0.39 is 11.9 Å². The highest BCUT2D eigenvalue weighted by Gasteiger charge is 2.25. The van der Waals surface area contributed by atoms with Gasteiger partial charge in [-0.2, -0.15) is 0 Å². The number of primary amides is 1. The van der Waals surface area contributed by atoms with Crippen molar-refractivity contribution in [2.24, 2.45) is 5.73 Å². The van der Waals surface area contributed by atoms with E-state index in [1.54, 1.807) is 35.2 Å². The molecule has 0 spiro atoms. The first-order chi connectivity index (χ1) is 16.7. The summed E-state index contributed by atoms with van der Waals surface area (Å²) >= 11 is 18.8. The van der Waals surface area contributed by atoms with Gasteiger partial charge in [0.05, 0.1) is 22.5 Å². The van der Waals surface area contributed by atoms with Gasteiger partial charge in [-0.15, -0.1) is 0 Å². The van der Waals surface area contributed by atoms with Gasteiger partial charge in [-0.3, -0.25) is 9.69 Å². The molecule has 1 aliphatic heterocycles. The standard InChI is InChI=1S/C17H9Cl3N2O3S.C6H12N2O/c18-9-1-4-11(5-2-9)22(17-21-8-14(26-17)16(24)25)15(23)12-6-3-10(19)7-13(12)20;7-6(9)8-4-2-1-3-5-8/h1-8H,(H,24,25);1-5H2,(H2,7,9). The zero-order valence-corrected chi connectivity index (χ0v) is 21.4. The quantitative estimate of drug-likeness (QED) is 0.390. The van der Waals surface area contributed by atoms with Crippen molar-refractivity contribution < 1.29 is 19.5 Å². The lowest BCUT2D eigenvalue weighted by atomic mass is 10.1. The van der Waals surface area contributed by atoms with Crippen LogP contribution in [0.5, 0.6) is 0 Å². The Morgan fingerprint density at radius 2 is 1.60 bits per heavy atom. The first kappa shape index (κ1) is 26.7. The molecular weight excluding hydrogens is 535 g/mol. The van der Waals surface area contributed by atoms with Gasteiger partial charge in [0.25, 0.3) is 5.91 Å². The molecule has 184 valence electrons. The van der Waals surface area contributed by atoms with E-state index in [0.29, 0.717) is 15.7 Å². The van der Waals surface area contributed by atoms with Crippen LogP contribution in [0.3, 0.4) is 0 Å². The first-order valence-electron chi connectivity index (χ1n) is 10.5. The molecule has 0 unspecified atom stereocenters. The molecule has 0 aliphatic carbocycles. The second-order valence-electron chi connectivity index (χ2n) is 7.44. The van der Waals surface area contributed by atoms with E-state index in [4.69, 9.17) is 45.6 Å². The molecule has 0 bridgehead atoms. The van der Waals surface area contributed by atoms with E-state index in [-0.39, 0.29) is 26.6 Å². The van der Waals surface area contributed by atoms with Crippen LogP contribution in [0, 0.1) is 0 Å². The number of benzene rings is 2. The van der Waals surface area contributed by atoms with Gasteiger partial charge < -0.3 is 15.7 Å². The Labute approximate surface area is 220 Å². The molecule has 0 saturated carbocycles. The Balaban J connectivity index is 0.000000320. The zero-order chi connectivity index (χ0) is 25.5. The molecule has 4 rings (SSSR count). The smallest absolute Gasteiger partial charge is 0.347 e. The van der Waals surface area contributed by atoms with Crippen molar-refractivity contribution in [1.29, 1.82) is 0 Å². The van der Waals surface area contributed by atoms with Crippen LogP contribution >= 0.6 is 46.1 Å². The monoisotopic (exact) mass is 554 g/mol. The number of halogens is 3. The number of hydrogen-bond acceptors (Lipinski definition) is 5. The van der Waals surface area contributed by atoms with E-state index in [1.807, 2.05) is 0 Å². The number of carbonyl (C=O) groups is 3. The number of likely N-dealkylation sites (tertiary alicyclic amines) is 1. The Morgan fingerprint density at radius 3 is 2.11 bits per heavy atom. The Morgan fingerprint density at radius 1 is 0.971 bits per heavy atom. The molecule has 2 aromatic carbocycles. The summed E-state index contributed by atoms with van der Waals surface area (Å²) in [5.74, 6) is -1.60. The third kappa shape index (κ3) is 7.08. The maximum absolute atomic E-state index is 13.1. The predicted molar refractivity (Wildman–Crippen MR) is 138 cm³/mol. The van der Waals surface area contributed by atoms with Crippen molar-refractivity contribution >= 4 is 74.9 Å². The number of aromatic nitrogens is 1. The third-order valence-corrected chi connectivity index (χ3v) is 6.78. The van der Waals surface area contributed by atoms with Gasteiger partial charge in [0.15, 0.2) is 5.13 Å².